The van der Waals surface area contributed by atoms with Gasteiger partial charge < -0.3 is 14.2 Å². The molecule has 77 heavy (non-hydrogen) atoms. The normalized spacial score (nSPS) is 12.9. The quantitative estimate of drug-likeness (QED) is 0.0261. The van der Waals surface area contributed by atoms with E-state index in [1.165, 1.54) is 103 Å². The van der Waals surface area contributed by atoms with Gasteiger partial charge in [0.2, 0.25) is 0 Å². The fourth-order valence-electron chi connectivity index (χ4n) is 8.67. The standard InChI is InChI=1S/C71H118O6/c1-4-7-10-13-16-19-22-25-28-29-30-31-32-33-34-35-36-37-38-39-40-41-44-46-49-52-55-58-61-64-70(73)76-67-68(77-71(74)65-62-59-56-53-50-47-43-27-24-21-18-15-12-9-6-3)66-75-69(72)63-60-57-54-51-48-45-42-26-23-20-17-14-11-8-5-2/h7,10,16,18-19,21,25,27-28,30-31,33-34,36-37,39-40,43-44,46,68H,4-6,8-9,11-15,17,20,22-24,26,29,32,35,38,41-42,45,47-67H2,1-3H3/b10-7-,19-16-,21-18-,28-25-,31-30-,34-33-,37-36-,40-39-,43-27-,46-44-. The molecule has 0 heterocycles. The van der Waals surface area contributed by atoms with Crippen molar-refractivity contribution in [1.29, 1.82) is 0 Å². The van der Waals surface area contributed by atoms with E-state index in [4.69, 9.17) is 14.2 Å². The average Bonchev–Trinajstić information content (AvgIpc) is 3.43. The molecule has 438 valence electrons. The van der Waals surface area contributed by atoms with Gasteiger partial charge in [-0.05, 0) is 116 Å². The zero-order chi connectivity index (χ0) is 55.7. The van der Waals surface area contributed by atoms with Gasteiger partial charge in [-0.1, -0.05) is 277 Å². The van der Waals surface area contributed by atoms with E-state index in [9.17, 15) is 14.4 Å². The van der Waals surface area contributed by atoms with Crippen LogP contribution in [0.25, 0.3) is 0 Å². The molecule has 0 N–H and O–H groups in total. The van der Waals surface area contributed by atoms with Crippen LogP contribution in [0.5, 0.6) is 0 Å². The predicted molar refractivity (Wildman–Crippen MR) is 334 cm³/mol. The summed E-state index contributed by atoms with van der Waals surface area (Å²) < 4.78 is 16.9. The van der Waals surface area contributed by atoms with Crippen molar-refractivity contribution in [3.8, 4) is 0 Å². The summed E-state index contributed by atoms with van der Waals surface area (Å²) in [4.78, 5) is 38.3. The number of carbonyl (C=O) groups is 3. The fourth-order valence-corrected chi connectivity index (χ4v) is 8.67. The molecular weight excluding hydrogens is 949 g/mol. The third kappa shape index (κ3) is 62.5. The first kappa shape index (κ1) is 72.8. The van der Waals surface area contributed by atoms with Crippen molar-refractivity contribution in [1.82, 2.24) is 0 Å². The zero-order valence-electron chi connectivity index (χ0n) is 50.2. The van der Waals surface area contributed by atoms with Crippen LogP contribution in [0.2, 0.25) is 0 Å². The van der Waals surface area contributed by atoms with Crippen LogP contribution in [-0.2, 0) is 28.6 Å². The van der Waals surface area contributed by atoms with Crippen LogP contribution in [-0.4, -0.2) is 37.2 Å². The first-order chi connectivity index (χ1) is 38.0. The van der Waals surface area contributed by atoms with Crippen molar-refractivity contribution in [2.24, 2.45) is 0 Å². The minimum atomic E-state index is -0.798. The Morgan fingerprint density at radius 3 is 0.818 bits per heavy atom. The molecule has 0 aromatic rings. The molecular formula is C71H118O6. The maximum Gasteiger partial charge on any atom is 0.306 e. The highest BCUT2D eigenvalue weighted by molar-refractivity contribution is 5.71. The first-order valence-corrected chi connectivity index (χ1v) is 32.0. The summed E-state index contributed by atoms with van der Waals surface area (Å²) in [7, 11) is 0. The largest absolute Gasteiger partial charge is 0.462 e. The maximum absolute atomic E-state index is 12.9. The van der Waals surface area contributed by atoms with Crippen LogP contribution in [0.1, 0.15) is 290 Å². The van der Waals surface area contributed by atoms with E-state index in [0.29, 0.717) is 19.3 Å². The summed E-state index contributed by atoms with van der Waals surface area (Å²) in [6.45, 7) is 6.48. The van der Waals surface area contributed by atoms with Gasteiger partial charge >= 0.3 is 17.9 Å². The van der Waals surface area contributed by atoms with E-state index in [2.05, 4.69) is 142 Å². The molecule has 0 amide bonds. The molecule has 0 fully saturated rings. The van der Waals surface area contributed by atoms with Crippen LogP contribution in [0, 0.1) is 0 Å². The second-order valence-electron chi connectivity index (χ2n) is 20.9. The van der Waals surface area contributed by atoms with E-state index in [0.717, 1.165) is 148 Å². The van der Waals surface area contributed by atoms with Gasteiger partial charge in [-0.2, -0.15) is 0 Å². The second-order valence-corrected chi connectivity index (χ2v) is 20.9. The summed E-state index contributed by atoms with van der Waals surface area (Å²) in [6, 6.07) is 0. The molecule has 0 rings (SSSR count). The molecule has 0 radical (unpaired) electrons. The van der Waals surface area contributed by atoms with Crippen molar-refractivity contribution in [2.75, 3.05) is 13.2 Å². The summed E-state index contributed by atoms with van der Waals surface area (Å²) in [5, 5.41) is 0. The molecule has 6 heteroatoms. The predicted octanol–water partition coefficient (Wildman–Crippen LogP) is 22.0. The monoisotopic (exact) mass is 1070 g/mol. The molecule has 1 unspecified atom stereocenters. The van der Waals surface area contributed by atoms with Crippen LogP contribution >= 0.6 is 0 Å². The number of ether oxygens (including phenoxy) is 3. The Morgan fingerprint density at radius 1 is 0.273 bits per heavy atom. The number of unbranched alkanes of at least 4 members (excludes halogenated alkanes) is 26. The molecule has 0 aromatic carbocycles. The molecule has 0 spiro atoms. The lowest BCUT2D eigenvalue weighted by atomic mass is 10.0. The number of rotatable bonds is 57. The molecule has 6 nitrogen and oxygen atoms in total. The van der Waals surface area contributed by atoms with E-state index < -0.39 is 6.10 Å². The molecule has 0 saturated heterocycles. The van der Waals surface area contributed by atoms with Gasteiger partial charge in [0.15, 0.2) is 6.10 Å². The van der Waals surface area contributed by atoms with Crippen molar-refractivity contribution in [2.45, 2.75) is 297 Å². The number of hydrogen-bond donors (Lipinski definition) is 0. The van der Waals surface area contributed by atoms with Crippen molar-refractivity contribution < 1.29 is 28.6 Å². The molecule has 0 bridgehead atoms. The Labute approximate surface area is 475 Å². The number of allylic oxidation sites excluding steroid dienone is 20. The van der Waals surface area contributed by atoms with Gasteiger partial charge in [0.1, 0.15) is 13.2 Å². The molecule has 0 aliphatic heterocycles. The summed E-state index contributed by atoms with van der Waals surface area (Å²) in [5.41, 5.74) is 0. The van der Waals surface area contributed by atoms with Gasteiger partial charge in [0.05, 0.1) is 0 Å². The average molecular weight is 1070 g/mol. The summed E-state index contributed by atoms with van der Waals surface area (Å²) >= 11 is 0. The van der Waals surface area contributed by atoms with Crippen LogP contribution < -0.4 is 0 Å². The molecule has 0 aromatic heterocycles. The number of esters is 3. The van der Waals surface area contributed by atoms with E-state index in [1.807, 2.05) is 0 Å². The second kappa shape index (κ2) is 64.3. The lowest BCUT2D eigenvalue weighted by Crippen LogP contribution is -2.30. The van der Waals surface area contributed by atoms with E-state index in [1.54, 1.807) is 0 Å². The maximum atomic E-state index is 12.9. The Morgan fingerprint density at radius 2 is 0.506 bits per heavy atom. The van der Waals surface area contributed by atoms with Crippen LogP contribution in [0.15, 0.2) is 122 Å². The van der Waals surface area contributed by atoms with Gasteiger partial charge in [-0.15, -0.1) is 0 Å². The Kier molecular flexibility index (Phi) is 60.8. The molecule has 1 atom stereocenters. The summed E-state index contributed by atoms with van der Waals surface area (Å²) in [5.74, 6) is -0.926. The molecule has 0 aliphatic rings. The topological polar surface area (TPSA) is 78.9 Å². The number of carbonyl (C=O) groups excluding carboxylic acids is 3. The van der Waals surface area contributed by atoms with Crippen molar-refractivity contribution in [3.05, 3.63) is 122 Å². The third-order valence-corrected chi connectivity index (χ3v) is 13.5. The highest BCUT2D eigenvalue weighted by Gasteiger charge is 2.19. The van der Waals surface area contributed by atoms with Gasteiger partial charge in [0, 0.05) is 19.3 Å². The van der Waals surface area contributed by atoms with Crippen LogP contribution in [0.4, 0.5) is 0 Å². The SMILES string of the molecule is CC/C=C\C/C=C\C/C=C\C/C=C\C/C=C\C/C=C\C/C=C\C/C=C\CCCCCCC(=O)OCC(COC(=O)CCCCCCCCCCCCCCCCC)OC(=O)CCCCCCC/C=C\C/C=C\CCCCC. The Balaban J connectivity index is 4.39. The molecule has 0 aliphatic carbocycles. The molecule has 0 saturated carbocycles. The lowest BCUT2D eigenvalue weighted by Gasteiger charge is -2.18. The first-order valence-electron chi connectivity index (χ1n) is 32.0. The summed E-state index contributed by atoms with van der Waals surface area (Å²) in [6.07, 6.45) is 89.1. The minimum absolute atomic E-state index is 0.0917. The van der Waals surface area contributed by atoms with Gasteiger partial charge in [-0.25, -0.2) is 0 Å². The number of hydrogen-bond acceptors (Lipinski definition) is 6. The fraction of sp³-hybridized carbons (Fsp3) is 0.676. The van der Waals surface area contributed by atoms with Crippen molar-refractivity contribution >= 4 is 17.9 Å². The van der Waals surface area contributed by atoms with Gasteiger partial charge in [0.25, 0.3) is 0 Å². The minimum Gasteiger partial charge on any atom is -0.462 e. The van der Waals surface area contributed by atoms with E-state index in [-0.39, 0.29) is 31.1 Å². The Hall–Kier alpha value is -4.19. The van der Waals surface area contributed by atoms with Gasteiger partial charge in [-0.3, -0.25) is 14.4 Å². The lowest BCUT2D eigenvalue weighted by molar-refractivity contribution is -0.167. The van der Waals surface area contributed by atoms with Crippen molar-refractivity contribution in [3.63, 3.8) is 0 Å². The zero-order valence-corrected chi connectivity index (χ0v) is 50.2. The smallest absolute Gasteiger partial charge is 0.306 e. The van der Waals surface area contributed by atoms with E-state index >= 15 is 0 Å². The third-order valence-electron chi connectivity index (χ3n) is 13.5. The Bertz CT molecular complexity index is 1600. The highest BCUT2D eigenvalue weighted by atomic mass is 16.6. The highest BCUT2D eigenvalue weighted by Crippen LogP contribution is 2.16. The van der Waals surface area contributed by atoms with Crippen LogP contribution in [0.3, 0.4) is 0 Å².